The summed E-state index contributed by atoms with van der Waals surface area (Å²) in [6, 6.07) is -0.772. The highest BCUT2D eigenvalue weighted by Crippen LogP contribution is 2.13. The zero-order chi connectivity index (χ0) is 29.5. The lowest BCUT2D eigenvalue weighted by atomic mass is 10.0. The van der Waals surface area contributed by atoms with Crippen LogP contribution in [-0.2, 0) is 4.79 Å². The van der Waals surface area contributed by atoms with Crippen molar-refractivity contribution in [2.45, 2.75) is 173 Å². The van der Waals surface area contributed by atoms with Gasteiger partial charge in [-0.3, -0.25) is 4.79 Å². The van der Waals surface area contributed by atoms with Crippen LogP contribution in [0.5, 0.6) is 0 Å². The third-order valence-electron chi connectivity index (χ3n) is 7.40. The molecule has 1 amide bonds. The fourth-order valence-electron chi connectivity index (χ4n) is 4.76. The molecule has 0 aliphatic heterocycles. The summed E-state index contributed by atoms with van der Waals surface area (Å²) in [6.07, 6.45) is 35.8. The summed E-state index contributed by atoms with van der Waals surface area (Å²) in [5.41, 5.74) is 0. The molecule has 0 aromatic rings. The molecule has 234 valence electrons. The van der Waals surface area contributed by atoms with E-state index in [1.54, 1.807) is 6.08 Å². The normalized spacial score (nSPS) is 14.4. The van der Waals surface area contributed by atoms with Crippen LogP contribution in [0.2, 0.25) is 0 Å². The monoisotopic (exact) mass is 563 g/mol. The van der Waals surface area contributed by atoms with E-state index in [-0.39, 0.29) is 18.9 Å². The quantitative estimate of drug-likeness (QED) is 0.0543. The van der Waals surface area contributed by atoms with Gasteiger partial charge in [-0.05, 0) is 44.9 Å². The number of hydrogen-bond acceptors (Lipinski definition) is 4. The van der Waals surface area contributed by atoms with E-state index in [1.165, 1.54) is 96.3 Å². The van der Waals surface area contributed by atoms with Crippen molar-refractivity contribution in [2.75, 3.05) is 6.61 Å². The minimum atomic E-state index is -0.959. The second kappa shape index (κ2) is 30.5. The van der Waals surface area contributed by atoms with Gasteiger partial charge in [0.05, 0.1) is 31.3 Å². The molecule has 0 bridgehead atoms. The fraction of sp³-hybridized carbons (Fsp3) is 0.800. The Kier molecular flexibility index (Phi) is 29.4. The first-order chi connectivity index (χ1) is 19.5. The number of allylic oxidation sites excluding steroid dienone is 4. The topological polar surface area (TPSA) is 89.8 Å². The maximum Gasteiger partial charge on any atom is 0.223 e. The Morgan fingerprint density at radius 1 is 0.625 bits per heavy atom. The lowest BCUT2D eigenvalue weighted by molar-refractivity contribution is -0.124. The minimum Gasteiger partial charge on any atom is -0.394 e. The molecule has 0 aromatic heterocycles. The van der Waals surface area contributed by atoms with Gasteiger partial charge >= 0.3 is 0 Å². The molecule has 0 rings (SSSR count). The van der Waals surface area contributed by atoms with Gasteiger partial charge in [-0.15, -0.1) is 0 Å². The van der Waals surface area contributed by atoms with Gasteiger partial charge in [0.15, 0.2) is 0 Å². The summed E-state index contributed by atoms with van der Waals surface area (Å²) >= 11 is 0. The number of carbonyl (C=O) groups is 1. The molecule has 3 atom stereocenters. The van der Waals surface area contributed by atoms with Crippen LogP contribution in [0.1, 0.15) is 155 Å². The van der Waals surface area contributed by atoms with E-state index in [0.29, 0.717) is 6.42 Å². The van der Waals surface area contributed by atoms with Gasteiger partial charge in [-0.1, -0.05) is 140 Å². The summed E-state index contributed by atoms with van der Waals surface area (Å²) < 4.78 is 0. The van der Waals surface area contributed by atoms with Crippen LogP contribution >= 0.6 is 0 Å². The third kappa shape index (κ3) is 26.8. The van der Waals surface area contributed by atoms with Crippen LogP contribution in [0.3, 0.4) is 0 Å². The van der Waals surface area contributed by atoms with Gasteiger partial charge in [0, 0.05) is 0 Å². The lowest BCUT2D eigenvalue weighted by Gasteiger charge is -2.20. The van der Waals surface area contributed by atoms with Gasteiger partial charge in [0.25, 0.3) is 0 Å². The molecular weight excluding hydrogens is 498 g/mol. The maximum absolute atomic E-state index is 12.2. The van der Waals surface area contributed by atoms with E-state index in [2.05, 4.69) is 37.4 Å². The van der Waals surface area contributed by atoms with Crippen LogP contribution in [0.25, 0.3) is 0 Å². The third-order valence-corrected chi connectivity index (χ3v) is 7.40. The summed E-state index contributed by atoms with van der Waals surface area (Å²) in [6.45, 7) is 4.10. The number of amides is 1. The number of carbonyl (C=O) groups excluding carboxylic acids is 1. The zero-order valence-electron chi connectivity index (χ0n) is 26.2. The summed E-state index contributed by atoms with van der Waals surface area (Å²) in [7, 11) is 0. The predicted molar refractivity (Wildman–Crippen MR) is 171 cm³/mol. The average Bonchev–Trinajstić information content (AvgIpc) is 2.94. The van der Waals surface area contributed by atoms with Gasteiger partial charge < -0.3 is 20.6 Å². The molecule has 0 saturated carbocycles. The molecular formula is C35H65NO4. The van der Waals surface area contributed by atoms with Gasteiger partial charge in [0.2, 0.25) is 5.91 Å². The predicted octanol–water partition coefficient (Wildman–Crippen LogP) is 8.48. The standard InChI is InChI=1S/C35H65NO4/c1-3-5-7-9-11-12-13-14-15-16-17-18-19-20-21-23-25-27-29-34(39)33(31-37)36-35(40)30-32(38)28-26-24-22-10-8-6-4-2/h20-21,24,26-27,29,32-34,37-39H,3-19,22-23,25,28,30-31H2,1-2H3,(H,36,40)/b21-20+,26-24-,29-27+. The highest BCUT2D eigenvalue weighted by atomic mass is 16.3. The molecule has 5 nitrogen and oxygen atoms in total. The van der Waals surface area contributed by atoms with Crippen molar-refractivity contribution in [3.05, 3.63) is 36.5 Å². The molecule has 40 heavy (non-hydrogen) atoms. The van der Waals surface area contributed by atoms with Crippen molar-refractivity contribution < 1.29 is 20.1 Å². The Hall–Kier alpha value is -1.43. The Balaban J connectivity index is 3.82. The number of aliphatic hydroxyl groups is 3. The Morgan fingerprint density at radius 3 is 1.62 bits per heavy atom. The molecule has 5 heteroatoms. The molecule has 0 saturated heterocycles. The summed E-state index contributed by atoms with van der Waals surface area (Å²) in [4.78, 5) is 12.2. The first-order valence-electron chi connectivity index (χ1n) is 16.8. The van der Waals surface area contributed by atoms with E-state index in [9.17, 15) is 20.1 Å². The molecule has 0 spiro atoms. The Labute approximate surface area is 247 Å². The van der Waals surface area contributed by atoms with Crippen molar-refractivity contribution in [1.82, 2.24) is 5.32 Å². The van der Waals surface area contributed by atoms with Crippen molar-refractivity contribution >= 4 is 5.91 Å². The van der Waals surface area contributed by atoms with E-state index in [1.807, 2.05) is 12.2 Å². The smallest absolute Gasteiger partial charge is 0.223 e. The lowest BCUT2D eigenvalue weighted by Crippen LogP contribution is -2.45. The van der Waals surface area contributed by atoms with Crippen molar-refractivity contribution in [3.8, 4) is 0 Å². The number of rotatable bonds is 29. The van der Waals surface area contributed by atoms with Crippen LogP contribution in [0.15, 0.2) is 36.5 Å². The molecule has 0 heterocycles. The van der Waals surface area contributed by atoms with Crippen LogP contribution < -0.4 is 5.32 Å². The number of aliphatic hydroxyl groups excluding tert-OH is 3. The highest BCUT2D eigenvalue weighted by molar-refractivity contribution is 5.76. The number of nitrogens with one attached hydrogen (secondary N) is 1. The Morgan fingerprint density at radius 2 is 1.07 bits per heavy atom. The molecule has 0 radical (unpaired) electrons. The SMILES string of the molecule is CCCCCC/C=C\CC(O)CC(=O)NC(CO)C(O)/C=C/CC/C=C/CCCCCCCCCCCCCC. The minimum absolute atomic E-state index is 0.0445. The second-order valence-corrected chi connectivity index (χ2v) is 11.4. The van der Waals surface area contributed by atoms with Crippen LogP contribution in [0, 0.1) is 0 Å². The summed E-state index contributed by atoms with van der Waals surface area (Å²) in [5.74, 6) is -0.365. The van der Waals surface area contributed by atoms with E-state index in [4.69, 9.17) is 0 Å². The van der Waals surface area contributed by atoms with E-state index >= 15 is 0 Å². The molecule has 0 aliphatic carbocycles. The van der Waals surface area contributed by atoms with Gasteiger partial charge in [0.1, 0.15) is 0 Å². The number of unbranched alkanes of at least 4 members (excludes halogenated alkanes) is 17. The zero-order valence-corrected chi connectivity index (χ0v) is 26.2. The fourth-order valence-corrected chi connectivity index (χ4v) is 4.76. The summed E-state index contributed by atoms with van der Waals surface area (Å²) in [5, 5.41) is 32.7. The van der Waals surface area contributed by atoms with Crippen molar-refractivity contribution in [3.63, 3.8) is 0 Å². The average molecular weight is 564 g/mol. The van der Waals surface area contributed by atoms with Gasteiger partial charge in [-0.25, -0.2) is 0 Å². The maximum atomic E-state index is 12.2. The highest BCUT2D eigenvalue weighted by Gasteiger charge is 2.19. The van der Waals surface area contributed by atoms with Gasteiger partial charge in [-0.2, -0.15) is 0 Å². The van der Waals surface area contributed by atoms with Crippen molar-refractivity contribution in [2.24, 2.45) is 0 Å². The van der Waals surface area contributed by atoms with Crippen LogP contribution in [0.4, 0.5) is 0 Å². The van der Waals surface area contributed by atoms with E-state index < -0.39 is 18.2 Å². The van der Waals surface area contributed by atoms with E-state index in [0.717, 1.165) is 32.1 Å². The van der Waals surface area contributed by atoms with Crippen molar-refractivity contribution in [1.29, 1.82) is 0 Å². The molecule has 3 unspecified atom stereocenters. The van der Waals surface area contributed by atoms with Crippen LogP contribution in [-0.4, -0.2) is 46.1 Å². The largest absolute Gasteiger partial charge is 0.394 e. The number of hydrogen-bond donors (Lipinski definition) is 4. The first-order valence-corrected chi connectivity index (χ1v) is 16.8. The Bertz CT molecular complexity index is 631. The molecule has 4 N–H and O–H groups in total. The molecule has 0 aromatic carbocycles. The second-order valence-electron chi connectivity index (χ2n) is 11.4. The molecule has 0 aliphatic rings. The molecule has 0 fully saturated rings. The first kappa shape index (κ1) is 38.6.